The van der Waals surface area contributed by atoms with E-state index >= 15 is 0 Å². The van der Waals surface area contributed by atoms with Gasteiger partial charge in [-0.1, -0.05) is 48.5 Å². The predicted molar refractivity (Wildman–Crippen MR) is 142 cm³/mol. The van der Waals surface area contributed by atoms with Crippen molar-refractivity contribution in [2.24, 2.45) is 0 Å². The van der Waals surface area contributed by atoms with Crippen LogP contribution in [0.15, 0.2) is 89.8 Å². The molecule has 5 rings (SSSR count). The quantitative estimate of drug-likeness (QED) is 0.227. The molecule has 9 heteroatoms. The molecule has 3 N–H and O–H groups in total. The van der Waals surface area contributed by atoms with E-state index in [1.165, 1.54) is 6.39 Å². The van der Waals surface area contributed by atoms with Gasteiger partial charge in [-0.2, -0.15) is 15.0 Å². The van der Waals surface area contributed by atoms with Crippen molar-refractivity contribution >= 4 is 23.3 Å². The van der Waals surface area contributed by atoms with Gasteiger partial charge < -0.3 is 24.9 Å². The molecule has 2 aromatic heterocycles. The number of methoxy groups -OCH3 is 1. The van der Waals surface area contributed by atoms with Crippen LogP contribution >= 0.6 is 0 Å². The van der Waals surface area contributed by atoms with Gasteiger partial charge in [0, 0.05) is 29.6 Å². The molecule has 0 spiro atoms. The van der Waals surface area contributed by atoms with E-state index in [0.717, 1.165) is 34.5 Å². The highest BCUT2D eigenvalue weighted by molar-refractivity contribution is 5.71. The predicted octanol–water partition coefficient (Wildman–Crippen LogP) is 5.61. The lowest BCUT2D eigenvalue weighted by molar-refractivity contribution is 0.288. The zero-order chi connectivity index (χ0) is 25.5. The number of aryl methyl sites for hydroxylation is 1. The van der Waals surface area contributed by atoms with Crippen LogP contribution in [0.4, 0.5) is 23.3 Å². The Morgan fingerprint density at radius 1 is 0.892 bits per heavy atom. The molecule has 3 aromatic carbocycles. The van der Waals surface area contributed by atoms with Gasteiger partial charge in [0.05, 0.1) is 18.9 Å². The smallest absolute Gasteiger partial charge is 0.232 e. The number of hydrogen-bond donors (Lipinski definition) is 3. The highest BCUT2D eigenvalue weighted by Gasteiger charge is 2.14. The Balaban J connectivity index is 1.49. The summed E-state index contributed by atoms with van der Waals surface area (Å²) in [5, 5.41) is 15.9. The van der Waals surface area contributed by atoms with Crippen LogP contribution in [0.5, 0.6) is 5.75 Å². The Hall–Kier alpha value is -4.76. The largest absolute Gasteiger partial charge is 0.496 e. The van der Waals surface area contributed by atoms with E-state index in [0.29, 0.717) is 35.7 Å². The standard InChI is InChI=1S/C28H26N6O3/c1-36-24-16-21(13-14-22(24)25-17-29-18-37-25)30-27-32-26(20-9-3-2-4-10-20)33-28(34-27)31-23-12-6-5-8-19(23)11-7-15-35/h2-6,8-10,12-14,16-18,35H,7,11,15H2,1H3,(H2,30,31,32,33,34). The van der Waals surface area contributed by atoms with E-state index < -0.39 is 0 Å². The van der Waals surface area contributed by atoms with E-state index in [4.69, 9.17) is 9.15 Å². The average Bonchev–Trinajstić information content (AvgIpc) is 3.48. The molecule has 0 aliphatic heterocycles. The topological polar surface area (TPSA) is 118 Å². The highest BCUT2D eigenvalue weighted by atomic mass is 16.5. The monoisotopic (exact) mass is 494 g/mol. The van der Waals surface area contributed by atoms with Gasteiger partial charge >= 0.3 is 0 Å². The van der Waals surface area contributed by atoms with Crippen molar-refractivity contribution in [3.8, 4) is 28.5 Å². The van der Waals surface area contributed by atoms with Crippen LogP contribution in [-0.4, -0.2) is 38.8 Å². The fourth-order valence-electron chi connectivity index (χ4n) is 3.90. The molecule has 0 fully saturated rings. The van der Waals surface area contributed by atoms with Crippen molar-refractivity contribution < 1.29 is 14.3 Å². The molecule has 0 bridgehead atoms. The van der Waals surface area contributed by atoms with Gasteiger partial charge in [-0.3, -0.25) is 0 Å². The Bertz CT molecular complexity index is 1460. The number of aromatic nitrogens is 4. The van der Waals surface area contributed by atoms with E-state index in [-0.39, 0.29) is 6.61 Å². The Morgan fingerprint density at radius 2 is 1.68 bits per heavy atom. The fourth-order valence-corrected chi connectivity index (χ4v) is 3.90. The molecule has 0 saturated carbocycles. The van der Waals surface area contributed by atoms with E-state index in [1.54, 1.807) is 13.3 Å². The maximum absolute atomic E-state index is 9.28. The number of ether oxygens (including phenoxy) is 1. The number of oxazole rings is 1. The van der Waals surface area contributed by atoms with Gasteiger partial charge in [0.15, 0.2) is 18.0 Å². The molecule has 0 radical (unpaired) electrons. The molecule has 0 atom stereocenters. The maximum atomic E-state index is 9.28. The van der Waals surface area contributed by atoms with Gasteiger partial charge in [-0.05, 0) is 36.6 Å². The second-order valence-electron chi connectivity index (χ2n) is 8.19. The summed E-state index contributed by atoms with van der Waals surface area (Å²) in [5.74, 6) is 2.53. The van der Waals surface area contributed by atoms with E-state index in [1.807, 2.05) is 72.8 Å². The summed E-state index contributed by atoms with van der Waals surface area (Å²) in [6, 6.07) is 23.3. The van der Waals surface area contributed by atoms with Gasteiger partial charge in [0.25, 0.3) is 0 Å². The zero-order valence-electron chi connectivity index (χ0n) is 20.3. The van der Waals surface area contributed by atoms with Crippen LogP contribution in [0.25, 0.3) is 22.7 Å². The third kappa shape index (κ3) is 5.74. The van der Waals surface area contributed by atoms with Gasteiger partial charge in [-0.25, -0.2) is 4.98 Å². The lowest BCUT2D eigenvalue weighted by Crippen LogP contribution is -2.07. The zero-order valence-corrected chi connectivity index (χ0v) is 20.3. The van der Waals surface area contributed by atoms with Gasteiger partial charge in [-0.15, -0.1) is 0 Å². The molecule has 0 amide bonds. The van der Waals surface area contributed by atoms with Crippen molar-refractivity contribution in [3.63, 3.8) is 0 Å². The van der Waals surface area contributed by atoms with Crippen molar-refractivity contribution in [3.05, 3.63) is 91.0 Å². The number of para-hydroxylation sites is 1. The first-order chi connectivity index (χ1) is 18.2. The summed E-state index contributed by atoms with van der Waals surface area (Å²) in [6.07, 6.45) is 4.43. The molecule has 5 aromatic rings. The fraction of sp³-hybridized carbons (Fsp3) is 0.143. The average molecular weight is 495 g/mol. The van der Waals surface area contributed by atoms with Crippen LogP contribution in [0, 0.1) is 0 Å². The molecule has 2 heterocycles. The number of aliphatic hydroxyl groups is 1. The SMILES string of the molecule is COc1cc(Nc2nc(Nc3ccccc3CCCO)nc(-c3ccccc3)n2)ccc1-c1cnco1. The molecule has 0 saturated heterocycles. The van der Waals surface area contributed by atoms with Crippen molar-refractivity contribution in [1.82, 2.24) is 19.9 Å². The Labute approximate surface area is 214 Å². The molecule has 37 heavy (non-hydrogen) atoms. The molecule has 9 nitrogen and oxygen atoms in total. The summed E-state index contributed by atoms with van der Waals surface area (Å²) >= 11 is 0. The summed E-state index contributed by atoms with van der Waals surface area (Å²) in [7, 11) is 1.60. The Morgan fingerprint density at radius 3 is 2.43 bits per heavy atom. The minimum absolute atomic E-state index is 0.130. The van der Waals surface area contributed by atoms with Crippen LogP contribution in [0.2, 0.25) is 0 Å². The summed E-state index contributed by atoms with van der Waals surface area (Å²) in [4.78, 5) is 18.0. The number of nitrogens with one attached hydrogen (secondary N) is 2. The maximum Gasteiger partial charge on any atom is 0.232 e. The molecule has 0 unspecified atom stereocenters. The summed E-state index contributed by atoms with van der Waals surface area (Å²) < 4.78 is 11.0. The second kappa shape index (κ2) is 11.3. The second-order valence-corrected chi connectivity index (χ2v) is 8.19. The summed E-state index contributed by atoms with van der Waals surface area (Å²) in [5.41, 5.74) is 4.33. The lowest BCUT2D eigenvalue weighted by Gasteiger charge is -2.14. The number of benzene rings is 3. The minimum atomic E-state index is 0.130. The molecular weight excluding hydrogens is 468 g/mol. The molecule has 0 aliphatic carbocycles. The van der Waals surface area contributed by atoms with Gasteiger partial charge in [0.2, 0.25) is 11.9 Å². The van der Waals surface area contributed by atoms with Crippen LogP contribution in [0.3, 0.4) is 0 Å². The molecule has 0 aliphatic rings. The van der Waals surface area contributed by atoms with Crippen LogP contribution < -0.4 is 15.4 Å². The first-order valence-corrected chi connectivity index (χ1v) is 11.8. The van der Waals surface area contributed by atoms with E-state index in [9.17, 15) is 5.11 Å². The van der Waals surface area contributed by atoms with Gasteiger partial charge in [0.1, 0.15) is 5.75 Å². The molecular formula is C28H26N6O3. The lowest BCUT2D eigenvalue weighted by atomic mass is 10.1. The first kappa shape index (κ1) is 24.0. The van der Waals surface area contributed by atoms with Crippen molar-refractivity contribution in [2.45, 2.75) is 12.8 Å². The van der Waals surface area contributed by atoms with E-state index in [2.05, 4.69) is 30.6 Å². The van der Waals surface area contributed by atoms with Crippen LogP contribution in [-0.2, 0) is 6.42 Å². The third-order valence-electron chi connectivity index (χ3n) is 5.69. The highest BCUT2D eigenvalue weighted by Crippen LogP contribution is 2.33. The minimum Gasteiger partial charge on any atom is -0.496 e. The normalized spacial score (nSPS) is 10.8. The number of rotatable bonds is 10. The first-order valence-electron chi connectivity index (χ1n) is 11.8. The van der Waals surface area contributed by atoms with Crippen LogP contribution in [0.1, 0.15) is 12.0 Å². The molecule has 186 valence electrons. The number of nitrogens with zero attached hydrogens (tertiary/aromatic N) is 4. The Kier molecular flexibility index (Phi) is 7.33. The number of aliphatic hydroxyl groups excluding tert-OH is 1. The van der Waals surface area contributed by atoms with Crippen molar-refractivity contribution in [1.29, 1.82) is 0 Å². The number of anilines is 4. The summed E-state index contributed by atoms with van der Waals surface area (Å²) in [6.45, 7) is 0.130. The third-order valence-corrected chi connectivity index (χ3v) is 5.69. The van der Waals surface area contributed by atoms with Crippen molar-refractivity contribution in [2.75, 3.05) is 24.4 Å². The number of hydrogen-bond acceptors (Lipinski definition) is 9.